The number of nitrogens with zero attached hydrogens (tertiary/aromatic N) is 3. The number of alkyl halides is 6. The number of anilines is 1. The summed E-state index contributed by atoms with van der Waals surface area (Å²) >= 11 is 5.68. The zero-order valence-electron chi connectivity index (χ0n) is 19.2. The van der Waals surface area contributed by atoms with Crippen molar-refractivity contribution in [3.63, 3.8) is 0 Å². The Morgan fingerprint density at radius 3 is 2.43 bits per heavy atom. The van der Waals surface area contributed by atoms with Crippen molar-refractivity contribution in [1.29, 1.82) is 0 Å². The molecule has 1 saturated heterocycles. The van der Waals surface area contributed by atoms with Crippen LogP contribution in [0.3, 0.4) is 0 Å². The molecule has 1 atom stereocenters. The molecule has 2 amide bonds. The molecular formula is C24H21ClF6N4O2. The summed E-state index contributed by atoms with van der Waals surface area (Å²) < 4.78 is 77.9. The lowest BCUT2D eigenvalue weighted by Crippen LogP contribution is -2.57. The van der Waals surface area contributed by atoms with Crippen LogP contribution in [0.2, 0.25) is 5.02 Å². The maximum atomic E-state index is 13.2. The number of carbonyl (C=O) groups excluding carboxylic acids is 2. The number of halogens is 7. The maximum absolute atomic E-state index is 13.2. The summed E-state index contributed by atoms with van der Waals surface area (Å²) in [5.74, 6) is -0.764. The van der Waals surface area contributed by atoms with Gasteiger partial charge in [-0.15, -0.1) is 0 Å². The first-order valence-corrected chi connectivity index (χ1v) is 11.6. The lowest BCUT2D eigenvalue weighted by atomic mass is 9.97. The van der Waals surface area contributed by atoms with E-state index in [0.29, 0.717) is 30.3 Å². The molecule has 1 fully saturated rings. The molecule has 37 heavy (non-hydrogen) atoms. The third kappa shape index (κ3) is 6.07. The van der Waals surface area contributed by atoms with Crippen LogP contribution in [0.5, 0.6) is 0 Å². The molecule has 1 N–H and O–H groups in total. The highest BCUT2D eigenvalue weighted by Gasteiger charge is 2.36. The van der Waals surface area contributed by atoms with Crippen LogP contribution in [0.4, 0.5) is 32.2 Å². The molecule has 0 saturated carbocycles. The lowest BCUT2D eigenvalue weighted by Gasteiger charge is -2.34. The van der Waals surface area contributed by atoms with Crippen LogP contribution in [0.15, 0.2) is 42.6 Å². The number of nitrogens with one attached hydrogen (secondary N) is 1. The Balaban J connectivity index is 1.39. The molecule has 0 aliphatic carbocycles. The predicted molar refractivity (Wildman–Crippen MR) is 124 cm³/mol. The minimum atomic E-state index is -4.59. The van der Waals surface area contributed by atoms with E-state index in [2.05, 4.69) is 10.3 Å². The fraction of sp³-hybridized carbons (Fsp3) is 0.375. The molecule has 1 unspecified atom stereocenters. The van der Waals surface area contributed by atoms with Gasteiger partial charge in [-0.1, -0.05) is 23.7 Å². The van der Waals surface area contributed by atoms with Gasteiger partial charge in [-0.2, -0.15) is 26.3 Å². The van der Waals surface area contributed by atoms with E-state index < -0.39 is 40.5 Å². The third-order valence-corrected chi connectivity index (χ3v) is 6.55. The van der Waals surface area contributed by atoms with Gasteiger partial charge in [0, 0.05) is 32.4 Å². The Hall–Kier alpha value is -3.12. The second kappa shape index (κ2) is 10.3. The summed E-state index contributed by atoms with van der Waals surface area (Å²) in [6, 6.07) is 4.74. The van der Waals surface area contributed by atoms with Gasteiger partial charge >= 0.3 is 12.4 Å². The molecule has 0 bridgehead atoms. The van der Waals surface area contributed by atoms with Gasteiger partial charge in [0.05, 0.1) is 28.6 Å². The van der Waals surface area contributed by atoms with Crippen molar-refractivity contribution < 1.29 is 35.9 Å². The molecule has 2 aliphatic rings. The smallest absolute Gasteiger partial charge is 0.339 e. The molecule has 3 heterocycles. The van der Waals surface area contributed by atoms with Crippen molar-refractivity contribution >= 4 is 34.8 Å². The van der Waals surface area contributed by atoms with Crippen molar-refractivity contribution in [2.45, 2.75) is 31.2 Å². The average Bonchev–Trinajstić information content (AvgIpc) is 2.84. The summed E-state index contributed by atoms with van der Waals surface area (Å²) in [5, 5.41) is 2.56. The van der Waals surface area contributed by atoms with Crippen LogP contribution >= 0.6 is 11.6 Å². The highest BCUT2D eigenvalue weighted by molar-refractivity contribution is 6.31. The van der Waals surface area contributed by atoms with E-state index in [-0.39, 0.29) is 37.8 Å². The number of hydrogen-bond acceptors (Lipinski definition) is 4. The van der Waals surface area contributed by atoms with Crippen LogP contribution in [0, 0.1) is 0 Å². The van der Waals surface area contributed by atoms with Crippen LogP contribution < -0.4 is 10.2 Å². The number of piperazine rings is 1. The summed E-state index contributed by atoms with van der Waals surface area (Å²) in [6.45, 7) is 0.899. The Kier molecular flexibility index (Phi) is 7.52. The molecule has 0 spiro atoms. The van der Waals surface area contributed by atoms with E-state index in [4.69, 9.17) is 11.6 Å². The van der Waals surface area contributed by atoms with Crippen LogP contribution in [-0.4, -0.2) is 53.9 Å². The molecule has 2 aromatic rings. The normalized spacial score (nSPS) is 19.2. The molecule has 198 valence electrons. The van der Waals surface area contributed by atoms with Crippen molar-refractivity contribution in [2.75, 3.05) is 31.1 Å². The van der Waals surface area contributed by atoms with Gasteiger partial charge in [0.2, 0.25) is 11.8 Å². The van der Waals surface area contributed by atoms with Gasteiger partial charge in [0.25, 0.3) is 0 Å². The van der Waals surface area contributed by atoms with Crippen molar-refractivity contribution in [3.05, 3.63) is 64.3 Å². The molecule has 13 heteroatoms. The molecular weight excluding hydrogens is 526 g/mol. The highest BCUT2D eigenvalue weighted by atomic mass is 35.5. The maximum Gasteiger partial charge on any atom is 0.417 e. The number of amides is 2. The summed E-state index contributed by atoms with van der Waals surface area (Å²) in [6.07, 6.45) is -6.69. The van der Waals surface area contributed by atoms with Gasteiger partial charge in [0.1, 0.15) is 5.82 Å². The zero-order chi connectivity index (χ0) is 27.0. The molecule has 1 aromatic carbocycles. The monoisotopic (exact) mass is 546 g/mol. The second-order valence-corrected chi connectivity index (χ2v) is 9.02. The first-order valence-electron chi connectivity index (χ1n) is 11.3. The molecule has 2 aliphatic heterocycles. The fourth-order valence-corrected chi connectivity index (χ4v) is 4.47. The van der Waals surface area contributed by atoms with Gasteiger partial charge in [-0.05, 0) is 41.8 Å². The summed E-state index contributed by atoms with van der Waals surface area (Å²) in [5.41, 5.74) is -0.846. The predicted octanol–water partition coefficient (Wildman–Crippen LogP) is 4.78. The van der Waals surface area contributed by atoms with E-state index in [1.807, 2.05) is 0 Å². The fourth-order valence-electron chi connectivity index (χ4n) is 4.24. The highest BCUT2D eigenvalue weighted by Crippen LogP contribution is 2.37. The van der Waals surface area contributed by atoms with Gasteiger partial charge in [0.15, 0.2) is 0 Å². The Morgan fingerprint density at radius 2 is 1.84 bits per heavy atom. The van der Waals surface area contributed by atoms with Crippen LogP contribution in [0.1, 0.15) is 29.5 Å². The van der Waals surface area contributed by atoms with E-state index in [1.165, 1.54) is 21.9 Å². The van der Waals surface area contributed by atoms with Gasteiger partial charge in [-0.3, -0.25) is 14.5 Å². The standard InChI is InChI=1S/C24H21ClF6N4O2/c25-18-3-1-15(11-17(18)24(29,30)31)14-5-8-34(9-6-14)21(36)12-19-22(37)35(10-7-32-19)20-4-2-16(13-33-20)23(26,27)28/h1-5,11,13,19,32H,6-10,12H2. The van der Waals surface area contributed by atoms with Crippen molar-refractivity contribution in [3.8, 4) is 0 Å². The number of benzene rings is 1. The first-order chi connectivity index (χ1) is 17.3. The number of carbonyl (C=O) groups is 2. The Morgan fingerprint density at radius 1 is 1.08 bits per heavy atom. The largest absolute Gasteiger partial charge is 0.417 e. The quantitative estimate of drug-likeness (QED) is 0.561. The Labute approximate surface area is 212 Å². The van der Waals surface area contributed by atoms with Crippen LogP contribution in [-0.2, 0) is 21.9 Å². The third-order valence-electron chi connectivity index (χ3n) is 6.23. The molecule has 6 nitrogen and oxygen atoms in total. The van der Waals surface area contributed by atoms with E-state index in [9.17, 15) is 35.9 Å². The van der Waals surface area contributed by atoms with Crippen molar-refractivity contribution in [2.24, 2.45) is 0 Å². The topological polar surface area (TPSA) is 65.5 Å². The van der Waals surface area contributed by atoms with Crippen LogP contribution in [0.25, 0.3) is 5.57 Å². The van der Waals surface area contributed by atoms with E-state index in [1.54, 1.807) is 6.08 Å². The Bertz CT molecular complexity index is 1210. The minimum Gasteiger partial charge on any atom is -0.339 e. The molecule has 1 aromatic heterocycles. The SMILES string of the molecule is O=C(CC1NCCN(c2ccc(C(F)(F)F)cn2)C1=O)N1CC=C(c2ccc(Cl)c(C(F)(F)F)c2)CC1. The first kappa shape index (κ1) is 26.9. The van der Waals surface area contributed by atoms with E-state index in [0.717, 1.165) is 18.2 Å². The minimum absolute atomic E-state index is 0.0590. The lowest BCUT2D eigenvalue weighted by molar-refractivity contribution is -0.138. The number of hydrogen-bond donors (Lipinski definition) is 1. The van der Waals surface area contributed by atoms with E-state index >= 15 is 0 Å². The van der Waals surface area contributed by atoms with Crippen molar-refractivity contribution in [1.82, 2.24) is 15.2 Å². The average molecular weight is 547 g/mol. The number of rotatable bonds is 4. The summed E-state index contributed by atoms with van der Waals surface area (Å²) in [7, 11) is 0. The summed E-state index contributed by atoms with van der Waals surface area (Å²) in [4.78, 5) is 32.3. The number of aromatic nitrogens is 1. The number of pyridine rings is 1. The van der Waals surface area contributed by atoms with Gasteiger partial charge in [-0.25, -0.2) is 4.98 Å². The molecule has 0 radical (unpaired) electrons. The molecule has 4 rings (SSSR count). The second-order valence-electron chi connectivity index (χ2n) is 8.62. The van der Waals surface area contributed by atoms with Gasteiger partial charge < -0.3 is 10.2 Å². The zero-order valence-corrected chi connectivity index (χ0v) is 19.9.